The Labute approximate surface area is 133 Å². The molecule has 0 spiro atoms. The summed E-state index contributed by atoms with van der Waals surface area (Å²) in [6, 6.07) is 9.54. The largest absolute Gasteiger partial charge is 0.496 e. The molecule has 2 bridgehead atoms. The molecule has 3 heterocycles. The number of pyridine rings is 1. The molecule has 0 radical (unpaired) electrons. The van der Waals surface area contributed by atoms with Gasteiger partial charge in [0.05, 0.1) is 7.11 Å². The van der Waals surface area contributed by atoms with Crippen molar-refractivity contribution in [2.45, 2.75) is 42.6 Å². The summed E-state index contributed by atoms with van der Waals surface area (Å²) in [5.74, 6) is 2.07. The summed E-state index contributed by atoms with van der Waals surface area (Å²) in [7, 11) is 1.73. The summed E-state index contributed by atoms with van der Waals surface area (Å²) in [5.41, 5.74) is 0. The Bertz CT molecular complexity index is 661. The highest BCUT2D eigenvalue weighted by Crippen LogP contribution is 2.43. The van der Waals surface area contributed by atoms with Crippen molar-refractivity contribution >= 4 is 32.5 Å². The van der Waals surface area contributed by atoms with Gasteiger partial charge < -0.3 is 9.64 Å². The lowest BCUT2D eigenvalue weighted by Crippen LogP contribution is -2.43. The van der Waals surface area contributed by atoms with Gasteiger partial charge in [0, 0.05) is 33.9 Å². The van der Waals surface area contributed by atoms with Crippen LogP contribution in [0.3, 0.4) is 0 Å². The summed E-state index contributed by atoms with van der Waals surface area (Å²) in [4.78, 5) is 7.96. The van der Waals surface area contributed by atoms with E-state index in [0.29, 0.717) is 16.9 Å². The Balaban J connectivity index is 1.84. The Hall–Kier alpha value is -1.29. The molecule has 2 aromatic rings. The third-order valence-corrected chi connectivity index (χ3v) is 5.63. The van der Waals surface area contributed by atoms with Gasteiger partial charge in [0.25, 0.3) is 0 Å². The molecule has 4 heteroatoms. The number of aromatic nitrogens is 1. The Morgan fingerprint density at radius 3 is 2.62 bits per heavy atom. The Morgan fingerprint density at radius 2 is 1.90 bits per heavy atom. The van der Waals surface area contributed by atoms with Gasteiger partial charge in [-0.1, -0.05) is 28.1 Å². The number of methoxy groups -OCH3 is 1. The average Bonchev–Trinajstić information content (AvgIpc) is 2.77. The van der Waals surface area contributed by atoms with Gasteiger partial charge in [0.1, 0.15) is 11.6 Å². The zero-order valence-corrected chi connectivity index (χ0v) is 13.7. The van der Waals surface area contributed by atoms with Crippen molar-refractivity contribution in [2.24, 2.45) is 0 Å². The fourth-order valence-corrected chi connectivity index (χ4v) is 4.87. The molecule has 2 aliphatic rings. The van der Waals surface area contributed by atoms with Crippen LogP contribution >= 0.6 is 15.9 Å². The lowest BCUT2D eigenvalue weighted by atomic mass is 10.0. The second kappa shape index (κ2) is 5.16. The predicted molar refractivity (Wildman–Crippen MR) is 89.5 cm³/mol. The summed E-state index contributed by atoms with van der Waals surface area (Å²) in [6.07, 6.45) is 6.93. The molecule has 0 saturated carbocycles. The quantitative estimate of drug-likeness (QED) is 0.764. The SMILES string of the molecule is COc1cccc2c(N3C4CCC3CC(Br)C4)nccc12. The fraction of sp³-hybridized carbons (Fsp3) is 0.471. The summed E-state index contributed by atoms with van der Waals surface area (Å²) < 4.78 is 5.50. The van der Waals surface area contributed by atoms with E-state index in [1.807, 2.05) is 12.3 Å². The van der Waals surface area contributed by atoms with E-state index in [1.54, 1.807) is 7.11 Å². The van der Waals surface area contributed by atoms with Crippen LogP contribution in [0.2, 0.25) is 0 Å². The maximum Gasteiger partial charge on any atom is 0.137 e. The normalized spacial score (nSPS) is 28.1. The molecular weight excluding hydrogens is 328 g/mol. The number of alkyl halides is 1. The first-order valence-corrected chi connectivity index (χ1v) is 8.53. The number of piperidine rings is 1. The molecule has 0 aliphatic carbocycles. The zero-order valence-electron chi connectivity index (χ0n) is 12.1. The number of hydrogen-bond acceptors (Lipinski definition) is 3. The fourth-order valence-electron chi connectivity index (χ4n) is 4.00. The maximum atomic E-state index is 5.50. The molecule has 21 heavy (non-hydrogen) atoms. The van der Waals surface area contributed by atoms with E-state index in [0.717, 1.165) is 17.0 Å². The van der Waals surface area contributed by atoms with E-state index < -0.39 is 0 Å². The number of anilines is 1. The number of fused-ring (bicyclic) bond motifs is 3. The van der Waals surface area contributed by atoms with Crippen molar-refractivity contribution in [1.29, 1.82) is 0 Å². The number of halogens is 1. The minimum atomic E-state index is 0.623. The third-order valence-electron chi connectivity index (χ3n) is 4.89. The number of rotatable bonds is 2. The van der Waals surface area contributed by atoms with E-state index >= 15 is 0 Å². The highest BCUT2D eigenvalue weighted by atomic mass is 79.9. The van der Waals surface area contributed by atoms with E-state index in [1.165, 1.54) is 31.1 Å². The average molecular weight is 347 g/mol. The lowest BCUT2D eigenvalue weighted by molar-refractivity contribution is 0.419. The van der Waals surface area contributed by atoms with Crippen LogP contribution in [0.1, 0.15) is 25.7 Å². The standard InChI is InChI=1S/C17H19BrN2O/c1-21-16-4-2-3-15-14(16)7-8-19-17(15)20-12-5-6-13(20)10-11(18)9-12/h2-4,7-8,11-13H,5-6,9-10H2,1H3. The van der Waals surface area contributed by atoms with Gasteiger partial charge in [-0.05, 0) is 37.8 Å². The molecule has 3 nitrogen and oxygen atoms in total. The summed E-state index contributed by atoms with van der Waals surface area (Å²) >= 11 is 3.81. The third kappa shape index (κ3) is 2.11. The van der Waals surface area contributed by atoms with Crippen LogP contribution < -0.4 is 9.64 Å². The first-order chi connectivity index (χ1) is 10.3. The predicted octanol–water partition coefficient (Wildman–Crippen LogP) is 4.14. The van der Waals surface area contributed by atoms with Crippen LogP contribution in [-0.4, -0.2) is 29.0 Å². The summed E-state index contributed by atoms with van der Waals surface area (Å²) in [6.45, 7) is 0. The molecule has 2 fully saturated rings. The van der Waals surface area contributed by atoms with Gasteiger partial charge in [-0.3, -0.25) is 0 Å². The highest BCUT2D eigenvalue weighted by Gasteiger charge is 2.41. The molecule has 2 aliphatic heterocycles. The molecule has 2 atom stereocenters. The molecule has 1 aromatic carbocycles. The number of nitrogens with zero attached hydrogens (tertiary/aromatic N) is 2. The summed E-state index contributed by atoms with van der Waals surface area (Å²) in [5, 5.41) is 2.37. The van der Waals surface area contributed by atoms with Crippen molar-refractivity contribution in [3.8, 4) is 5.75 Å². The topological polar surface area (TPSA) is 25.4 Å². The smallest absolute Gasteiger partial charge is 0.137 e. The first-order valence-electron chi connectivity index (χ1n) is 7.62. The maximum absolute atomic E-state index is 5.50. The van der Waals surface area contributed by atoms with Gasteiger partial charge in [-0.25, -0.2) is 4.98 Å². The first kappa shape index (κ1) is 13.4. The number of benzene rings is 1. The molecule has 2 saturated heterocycles. The van der Waals surface area contributed by atoms with E-state index in [4.69, 9.17) is 9.72 Å². The highest BCUT2D eigenvalue weighted by molar-refractivity contribution is 9.09. The van der Waals surface area contributed by atoms with E-state index in [2.05, 4.69) is 39.0 Å². The lowest BCUT2D eigenvalue weighted by Gasteiger charge is -2.38. The van der Waals surface area contributed by atoms with Crippen LogP contribution in [0.5, 0.6) is 5.75 Å². The van der Waals surface area contributed by atoms with Gasteiger partial charge >= 0.3 is 0 Å². The van der Waals surface area contributed by atoms with Crippen molar-refractivity contribution < 1.29 is 4.74 Å². The van der Waals surface area contributed by atoms with Crippen LogP contribution in [0.4, 0.5) is 5.82 Å². The van der Waals surface area contributed by atoms with Gasteiger partial charge in [0.2, 0.25) is 0 Å². The molecule has 0 amide bonds. The van der Waals surface area contributed by atoms with Gasteiger partial charge in [-0.2, -0.15) is 0 Å². The van der Waals surface area contributed by atoms with Crippen LogP contribution in [0, 0.1) is 0 Å². The number of hydrogen-bond donors (Lipinski definition) is 0. The van der Waals surface area contributed by atoms with Crippen molar-refractivity contribution in [3.63, 3.8) is 0 Å². The van der Waals surface area contributed by atoms with Gasteiger partial charge in [-0.15, -0.1) is 0 Å². The van der Waals surface area contributed by atoms with Crippen molar-refractivity contribution in [1.82, 2.24) is 4.98 Å². The molecule has 0 N–H and O–H groups in total. The second-order valence-electron chi connectivity index (χ2n) is 6.05. The zero-order chi connectivity index (χ0) is 14.4. The Kier molecular flexibility index (Phi) is 3.29. The van der Waals surface area contributed by atoms with Crippen LogP contribution in [-0.2, 0) is 0 Å². The molecular formula is C17H19BrN2O. The second-order valence-corrected chi connectivity index (χ2v) is 7.35. The molecule has 110 valence electrons. The van der Waals surface area contributed by atoms with E-state index in [9.17, 15) is 0 Å². The molecule has 2 unspecified atom stereocenters. The minimum absolute atomic E-state index is 0.623. The van der Waals surface area contributed by atoms with Crippen LogP contribution in [0.15, 0.2) is 30.5 Å². The minimum Gasteiger partial charge on any atom is -0.496 e. The number of ether oxygens (including phenoxy) is 1. The Morgan fingerprint density at radius 1 is 1.14 bits per heavy atom. The van der Waals surface area contributed by atoms with E-state index in [-0.39, 0.29) is 0 Å². The monoisotopic (exact) mass is 346 g/mol. The van der Waals surface area contributed by atoms with Gasteiger partial charge in [0.15, 0.2) is 0 Å². The molecule has 1 aromatic heterocycles. The molecule has 4 rings (SSSR count). The van der Waals surface area contributed by atoms with Crippen LogP contribution in [0.25, 0.3) is 10.8 Å². The van der Waals surface area contributed by atoms with Crippen molar-refractivity contribution in [3.05, 3.63) is 30.5 Å². The van der Waals surface area contributed by atoms with Crippen molar-refractivity contribution in [2.75, 3.05) is 12.0 Å².